The Kier molecular flexibility index (Phi) is 8.54. The summed E-state index contributed by atoms with van der Waals surface area (Å²) in [4.78, 5) is 10.4. The maximum atomic E-state index is 10.7. The lowest BCUT2D eigenvalue weighted by molar-refractivity contribution is 0.661. The summed E-state index contributed by atoms with van der Waals surface area (Å²) in [5, 5.41) is 15.4. The van der Waals surface area contributed by atoms with E-state index in [2.05, 4.69) is 188 Å². The first-order valence-corrected chi connectivity index (χ1v) is 21.8. The first-order chi connectivity index (χ1) is 31.4. The van der Waals surface area contributed by atoms with Gasteiger partial charge in [0.2, 0.25) is 0 Å². The third-order valence-corrected chi connectivity index (χ3v) is 13.2. The monoisotopic (exact) mass is 816 g/mol. The van der Waals surface area contributed by atoms with Crippen LogP contribution in [-0.2, 0) is 5.41 Å². The fraction of sp³-hybridized carbons (Fsp3) is 0.0500. The Balaban J connectivity index is 1.11. The number of hydrogen-bond acceptors (Lipinski definition) is 3. The van der Waals surface area contributed by atoms with Crippen molar-refractivity contribution in [3.63, 3.8) is 0 Å². The normalized spacial score (nSPS) is 12.6. The second kappa shape index (κ2) is 14.6. The van der Waals surface area contributed by atoms with Crippen molar-refractivity contribution in [1.29, 1.82) is 5.26 Å². The van der Waals surface area contributed by atoms with Gasteiger partial charge in [0, 0.05) is 38.6 Å². The van der Waals surface area contributed by atoms with Crippen molar-refractivity contribution in [3.05, 3.63) is 223 Å². The first-order valence-electron chi connectivity index (χ1n) is 21.8. The molecule has 0 aliphatic heterocycles. The van der Waals surface area contributed by atoms with Crippen molar-refractivity contribution in [3.8, 4) is 79.0 Å². The molecule has 2 heterocycles. The molecule has 64 heavy (non-hydrogen) atoms. The standard InChI is InChI=1S/C60H40N4/c1-60(2)53-23-13-11-21-49(53)51-34-52-50-22-12-14-24-57(50)64(58(52)35-54(51)60)47-32-44(42-27-28-48(46(30-42)37-61)43-26-25-38-15-9-10-20-41(38)29-43)31-45(33-47)56-36-55(39-16-5-3-6-17-39)62-59(63-56)40-18-7-4-8-19-40/h3-36H,1-2H3. The molecule has 4 heteroatoms. The van der Waals surface area contributed by atoms with Gasteiger partial charge >= 0.3 is 0 Å². The average Bonchev–Trinajstić information content (AvgIpc) is 3.80. The van der Waals surface area contributed by atoms with E-state index in [1.165, 1.54) is 38.4 Å². The summed E-state index contributed by atoms with van der Waals surface area (Å²) < 4.78 is 2.42. The van der Waals surface area contributed by atoms with Crippen LogP contribution in [0.3, 0.4) is 0 Å². The van der Waals surface area contributed by atoms with E-state index in [1.54, 1.807) is 0 Å². The summed E-state index contributed by atoms with van der Waals surface area (Å²) in [5.74, 6) is 0.657. The molecule has 11 aromatic rings. The van der Waals surface area contributed by atoms with E-state index in [0.29, 0.717) is 11.4 Å². The largest absolute Gasteiger partial charge is 0.309 e. The Morgan fingerprint density at radius 1 is 0.422 bits per heavy atom. The van der Waals surface area contributed by atoms with Crippen LogP contribution < -0.4 is 0 Å². The van der Waals surface area contributed by atoms with Crippen LogP contribution in [0.5, 0.6) is 0 Å². The highest BCUT2D eigenvalue weighted by Gasteiger charge is 2.36. The minimum absolute atomic E-state index is 0.169. The van der Waals surface area contributed by atoms with Gasteiger partial charge in [-0.3, -0.25) is 0 Å². The van der Waals surface area contributed by atoms with E-state index in [1.807, 2.05) is 42.5 Å². The summed E-state index contributed by atoms with van der Waals surface area (Å²) in [6.45, 7) is 4.68. The zero-order valence-electron chi connectivity index (χ0n) is 35.4. The van der Waals surface area contributed by atoms with Crippen LogP contribution in [0, 0.1) is 11.3 Å². The third kappa shape index (κ3) is 6.05. The molecule has 0 bridgehead atoms. The number of nitrogens with zero attached hydrogens (tertiary/aromatic N) is 4. The Bertz CT molecular complexity index is 3650. The minimum atomic E-state index is -0.169. The van der Waals surface area contributed by atoms with E-state index >= 15 is 0 Å². The molecule has 12 rings (SSSR count). The molecular formula is C60H40N4. The van der Waals surface area contributed by atoms with Crippen LogP contribution in [0.25, 0.3) is 106 Å². The number of hydrogen-bond donors (Lipinski definition) is 0. The zero-order valence-corrected chi connectivity index (χ0v) is 35.4. The maximum Gasteiger partial charge on any atom is 0.160 e. The van der Waals surface area contributed by atoms with Gasteiger partial charge < -0.3 is 4.57 Å². The molecule has 0 radical (unpaired) electrons. The second-order valence-corrected chi connectivity index (χ2v) is 17.3. The summed E-state index contributed by atoms with van der Waals surface area (Å²) in [6.07, 6.45) is 0. The van der Waals surface area contributed by atoms with E-state index < -0.39 is 0 Å². The predicted octanol–water partition coefficient (Wildman–Crippen LogP) is 15.2. The number of rotatable bonds is 6. The molecule has 2 aromatic heterocycles. The van der Waals surface area contributed by atoms with Gasteiger partial charge in [0.15, 0.2) is 5.82 Å². The van der Waals surface area contributed by atoms with Crippen LogP contribution in [0.4, 0.5) is 0 Å². The zero-order chi connectivity index (χ0) is 42.9. The molecule has 0 unspecified atom stereocenters. The fourth-order valence-electron chi connectivity index (χ4n) is 9.99. The molecule has 0 atom stereocenters. The molecule has 0 saturated heterocycles. The number of fused-ring (bicyclic) bond motifs is 7. The van der Waals surface area contributed by atoms with Crippen molar-refractivity contribution < 1.29 is 0 Å². The maximum absolute atomic E-state index is 10.7. The van der Waals surface area contributed by atoms with Crippen LogP contribution in [0.2, 0.25) is 0 Å². The van der Waals surface area contributed by atoms with Gasteiger partial charge in [-0.25, -0.2) is 9.97 Å². The summed E-state index contributed by atoms with van der Waals surface area (Å²) in [6, 6.07) is 75.4. The van der Waals surface area contributed by atoms with Crippen LogP contribution in [0.15, 0.2) is 206 Å². The van der Waals surface area contributed by atoms with Crippen LogP contribution >= 0.6 is 0 Å². The Labute approximate surface area is 372 Å². The van der Waals surface area contributed by atoms with E-state index in [0.717, 1.165) is 72.4 Å². The van der Waals surface area contributed by atoms with Crippen LogP contribution in [-0.4, -0.2) is 14.5 Å². The molecule has 0 N–H and O–H groups in total. The van der Waals surface area contributed by atoms with Crippen molar-refractivity contribution >= 4 is 32.6 Å². The molecular weight excluding hydrogens is 777 g/mol. The smallest absolute Gasteiger partial charge is 0.160 e. The topological polar surface area (TPSA) is 54.5 Å². The van der Waals surface area contributed by atoms with Gasteiger partial charge in [0.25, 0.3) is 0 Å². The van der Waals surface area contributed by atoms with Crippen molar-refractivity contribution in [2.75, 3.05) is 0 Å². The van der Waals surface area contributed by atoms with E-state index in [4.69, 9.17) is 9.97 Å². The summed E-state index contributed by atoms with van der Waals surface area (Å²) >= 11 is 0. The molecule has 4 nitrogen and oxygen atoms in total. The van der Waals surface area contributed by atoms with Crippen LogP contribution in [0.1, 0.15) is 30.5 Å². The Morgan fingerprint density at radius 3 is 1.91 bits per heavy atom. The van der Waals surface area contributed by atoms with Crippen molar-refractivity contribution in [2.24, 2.45) is 0 Å². The number of para-hydroxylation sites is 1. The highest BCUT2D eigenvalue weighted by molar-refractivity contribution is 6.12. The molecule has 0 spiro atoms. The van der Waals surface area contributed by atoms with Crippen molar-refractivity contribution in [1.82, 2.24) is 14.5 Å². The van der Waals surface area contributed by atoms with Gasteiger partial charge in [-0.2, -0.15) is 5.26 Å². The van der Waals surface area contributed by atoms with Gasteiger partial charge in [-0.05, 0) is 110 Å². The number of nitriles is 1. The lowest BCUT2D eigenvalue weighted by atomic mass is 9.82. The molecule has 0 fully saturated rings. The highest BCUT2D eigenvalue weighted by atomic mass is 15.0. The van der Waals surface area contributed by atoms with Gasteiger partial charge in [-0.15, -0.1) is 0 Å². The number of benzene rings is 9. The molecule has 1 aliphatic rings. The average molecular weight is 817 g/mol. The molecule has 300 valence electrons. The molecule has 0 saturated carbocycles. The third-order valence-electron chi connectivity index (χ3n) is 13.2. The minimum Gasteiger partial charge on any atom is -0.309 e. The predicted molar refractivity (Wildman–Crippen MR) is 263 cm³/mol. The number of aromatic nitrogens is 3. The summed E-state index contributed by atoms with van der Waals surface area (Å²) in [7, 11) is 0. The Morgan fingerprint density at radius 2 is 1.09 bits per heavy atom. The highest BCUT2D eigenvalue weighted by Crippen LogP contribution is 2.51. The SMILES string of the molecule is CC1(C)c2ccccc2-c2cc3c4ccccc4n(-c4cc(-c5ccc(-c6ccc7ccccc7c6)c(C#N)c5)cc(-c5cc(-c6ccccc6)nc(-c6ccccc6)n5)c4)c3cc21. The first kappa shape index (κ1) is 37.4. The van der Waals surface area contributed by atoms with Gasteiger partial charge in [-0.1, -0.05) is 166 Å². The molecule has 1 aliphatic carbocycles. The molecule has 0 amide bonds. The summed E-state index contributed by atoms with van der Waals surface area (Å²) in [5.41, 5.74) is 17.4. The van der Waals surface area contributed by atoms with Crippen molar-refractivity contribution in [2.45, 2.75) is 19.3 Å². The van der Waals surface area contributed by atoms with E-state index in [9.17, 15) is 5.26 Å². The van der Waals surface area contributed by atoms with E-state index in [-0.39, 0.29) is 5.41 Å². The fourth-order valence-corrected chi connectivity index (χ4v) is 9.99. The lowest BCUT2D eigenvalue weighted by Gasteiger charge is -2.22. The Hall–Kier alpha value is -8.39. The molecule has 9 aromatic carbocycles. The van der Waals surface area contributed by atoms with Gasteiger partial charge in [0.05, 0.1) is 34.1 Å². The second-order valence-electron chi connectivity index (χ2n) is 17.3. The van der Waals surface area contributed by atoms with Gasteiger partial charge in [0.1, 0.15) is 0 Å². The quantitative estimate of drug-likeness (QED) is 0.168. The lowest BCUT2D eigenvalue weighted by Crippen LogP contribution is -2.15.